The van der Waals surface area contributed by atoms with Crippen LogP contribution in [0.5, 0.6) is 5.75 Å². The van der Waals surface area contributed by atoms with Gasteiger partial charge < -0.3 is 19.7 Å². The summed E-state index contributed by atoms with van der Waals surface area (Å²) in [6, 6.07) is 13.4. The number of aryl methyl sites for hydroxylation is 1. The molecule has 3 rings (SSSR count). The van der Waals surface area contributed by atoms with Crippen molar-refractivity contribution in [3.8, 4) is 5.75 Å². The Balaban J connectivity index is 1.48. The van der Waals surface area contributed by atoms with E-state index in [-0.39, 0.29) is 24.3 Å². The first kappa shape index (κ1) is 25.9. The highest BCUT2D eigenvalue weighted by Gasteiger charge is 2.24. The van der Waals surface area contributed by atoms with Gasteiger partial charge in [-0.1, -0.05) is 31.5 Å². The number of nitrogens with one attached hydrogen (secondary N) is 2. The second-order valence-electron chi connectivity index (χ2n) is 8.65. The van der Waals surface area contributed by atoms with Crippen molar-refractivity contribution in [1.82, 2.24) is 15.6 Å². The van der Waals surface area contributed by atoms with Crippen LogP contribution in [0.2, 0.25) is 0 Å². The van der Waals surface area contributed by atoms with Crippen molar-refractivity contribution in [3.05, 3.63) is 65.2 Å². The van der Waals surface area contributed by atoms with Crippen LogP contribution in [0, 0.1) is 12.8 Å². The van der Waals surface area contributed by atoms with Crippen molar-refractivity contribution in [2.24, 2.45) is 11.0 Å². The van der Waals surface area contributed by atoms with Crippen LogP contribution in [-0.4, -0.2) is 67.8 Å². The third-order valence-electron chi connectivity index (χ3n) is 5.54. The Morgan fingerprint density at radius 3 is 2.34 bits per heavy atom. The average molecular weight is 481 g/mol. The van der Waals surface area contributed by atoms with Crippen LogP contribution in [0.25, 0.3) is 0 Å². The number of benzene rings is 2. The molecule has 2 N–H and O–H groups in total. The molecule has 1 atom stereocenters. The Labute approximate surface area is 205 Å². The quantitative estimate of drug-likeness (QED) is 0.422. The third kappa shape index (κ3) is 7.92. The van der Waals surface area contributed by atoms with Crippen LogP contribution in [0.3, 0.4) is 0 Å². The van der Waals surface area contributed by atoms with E-state index in [1.165, 1.54) is 6.21 Å². The van der Waals surface area contributed by atoms with Crippen LogP contribution < -0.4 is 15.5 Å². The summed E-state index contributed by atoms with van der Waals surface area (Å²) in [4.78, 5) is 39.0. The standard InChI is InChI=1S/C26H32N4O5/c1-18(2)24(28-25(32)21-8-4-19(3)5-9-21)26(33)29-27-16-20-6-10-22(11-7-20)35-17-23(31)30-12-14-34-15-13-30/h4-11,16,18,24H,12-15,17H2,1-3H3,(H,28,32)(H,29,33). The predicted octanol–water partition coefficient (Wildman–Crippen LogP) is 2.14. The number of carbonyl (C=O) groups excluding carboxylic acids is 3. The van der Waals surface area contributed by atoms with Gasteiger partial charge in [0.2, 0.25) is 0 Å². The highest BCUT2D eigenvalue weighted by atomic mass is 16.5. The molecule has 0 saturated carbocycles. The van der Waals surface area contributed by atoms with E-state index >= 15 is 0 Å². The number of hydrogen-bond acceptors (Lipinski definition) is 6. The van der Waals surface area contributed by atoms with Gasteiger partial charge in [-0.2, -0.15) is 5.10 Å². The van der Waals surface area contributed by atoms with Crippen molar-refractivity contribution in [2.45, 2.75) is 26.8 Å². The molecule has 3 amide bonds. The number of amides is 3. The molecule has 2 aromatic rings. The fourth-order valence-electron chi connectivity index (χ4n) is 3.40. The summed E-state index contributed by atoms with van der Waals surface area (Å²) in [6.07, 6.45) is 1.50. The molecule has 0 radical (unpaired) electrons. The molecule has 0 bridgehead atoms. The molecule has 1 aliphatic rings. The Morgan fingerprint density at radius 1 is 1.06 bits per heavy atom. The van der Waals surface area contributed by atoms with Gasteiger partial charge in [-0.3, -0.25) is 14.4 Å². The summed E-state index contributed by atoms with van der Waals surface area (Å²) in [5.74, 6) is -0.359. The molecule has 9 heteroatoms. The summed E-state index contributed by atoms with van der Waals surface area (Å²) < 4.78 is 10.8. The topological polar surface area (TPSA) is 109 Å². The minimum atomic E-state index is -0.735. The summed E-state index contributed by atoms with van der Waals surface area (Å²) in [6.45, 7) is 7.87. The van der Waals surface area contributed by atoms with Gasteiger partial charge in [0.1, 0.15) is 11.8 Å². The van der Waals surface area contributed by atoms with Gasteiger partial charge in [0.05, 0.1) is 19.4 Å². The molecule has 35 heavy (non-hydrogen) atoms. The molecule has 9 nitrogen and oxygen atoms in total. The average Bonchev–Trinajstić information content (AvgIpc) is 2.87. The van der Waals surface area contributed by atoms with Crippen LogP contribution in [0.15, 0.2) is 53.6 Å². The maximum absolute atomic E-state index is 12.6. The Kier molecular flexibility index (Phi) is 9.37. The molecule has 1 heterocycles. The second-order valence-corrected chi connectivity index (χ2v) is 8.65. The van der Waals surface area contributed by atoms with Gasteiger partial charge in [-0.05, 0) is 54.8 Å². The van der Waals surface area contributed by atoms with Crippen molar-refractivity contribution >= 4 is 23.9 Å². The van der Waals surface area contributed by atoms with Gasteiger partial charge >= 0.3 is 0 Å². The SMILES string of the molecule is Cc1ccc(C(=O)NC(C(=O)NN=Cc2ccc(OCC(=O)N3CCOCC3)cc2)C(C)C)cc1. The lowest BCUT2D eigenvalue weighted by Crippen LogP contribution is -2.48. The summed E-state index contributed by atoms with van der Waals surface area (Å²) in [5, 5.41) is 6.79. The Hall–Kier alpha value is -3.72. The van der Waals surface area contributed by atoms with Gasteiger partial charge in [0, 0.05) is 18.7 Å². The highest BCUT2D eigenvalue weighted by Crippen LogP contribution is 2.12. The van der Waals surface area contributed by atoms with Crippen molar-refractivity contribution in [3.63, 3.8) is 0 Å². The van der Waals surface area contributed by atoms with E-state index in [4.69, 9.17) is 9.47 Å². The summed E-state index contributed by atoms with van der Waals surface area (Å²) in [7, 11) is 0. The smallest absolute Gasteiger partial charge is 0.262 e. The molecule has 0 aliphatic carbocycles. The first-order chi connectivity index (χ1) is 16.8. The molecule has 1 aliphatic heterocycles. The number of ether oxygens (including phenoxy) is 2. The number of carbonyl (C=O) groups is 3. The van der Waals surface area contributed by atoms with Crippen LogP contribution >= 0.6 is 0 Å². The van der Waals surface area contributed by atoms with Gasteiger partial charge in [-0.25, -0.2) is 5.43 Å². The van der Waals surface area contributed by atoms with Gasteiger partial charge in [0.25, 0.3) is 17.7 Å². The van der Waals surface area contributed by atoms with Crippen LogP contribution in [0.4, 0.5) is 0 Å². The molecular formula is C26H32N4O5. The largest absolute Gasteiger partial charge is 0.484 e. The minimum absolute atomic E-state index is 0.0333. The molecule has 1 unspecified atom stereocenters. The zero-order valence-corrected chi connectivity index (χ0v) is 20.3. The zero-order chi connectivity index (χ0) is 25.2. The maximum Gasteiger partial charge on any atom is 0.262 e. The van der Waals surface area contributed by atoms with E-state index in [0.29, 0.717) is 37.6 Å². The summed E-state index contributed by atoms with van der Waals surface area (Å²) >= 11 is 0. The van der Waals surface area contributed by atoms with E-state index in [0.717, 1.165) is 11.1 Å². The number of rotatable bonds is 9. The fraction of sp³-hybridized carbons (Fsp3) is 0.385. The second kappa shape index (κ2) is 12.7. The van der Waals surface area contributed by atoms with Crippen LogP contribution in [-0.2, 0) is 14.3 Å². The zero-order valence-electron chi connectivity index (χ0n) is 20.3. The molecule has 186 valence electrons. The normalized spacial score (nSPS) is 14.6. The maximum atomic E-state index is 12.6. The van der Waals surface area contributed by atoms with E-state index in [2.05, 4.69) is 15.8 Å². The first-order valence-corrected chi connectivity index (χ1v) is 11.6. The lowest BCUT2D eigenvalue weighted by Gasteiger charge is -2.26. The number of hydrogen-bond donors (Lipinski definition) is 2. The molecule has 0 aromatic heterocycles. The van der Waals surface area contributed by atoms with E-state index in [1.54, 1.807) is 41.3 Å². The highest BCUT2D eigenvalue weighted by molar-refractivity contribution is 5.97. The van der Waals surface area contributed by atoms with E-state index in [9.17, 15) is 14.4 Å². The number of nitrogens with zero attached hydrogens (tertiary/aromatic N) is 2. The van der Waals surface area contributed by atoms with E-state index < -0.39 is 11.9 Å². The number of morpholine rings is 1. The predicted molar refractivity (Wildman–Crippen MR) is 132 cm³/mol. The molecular weight excluding hydrogens is 448 g/mol. The Bertz CT molecular complexity index is 1030. The first-order valence-electron chi connectivity index (χ1n) is 11.6. The summed E-state index contributed by atoms with van der Waals surface area (Å²) in [5.41, 5.74) is 4.77. The van der Waals surface area contributed by atoms with Gasteiger partial charge in [-0.15, -0.1) is 0 Å². The van der Waals surface area contributed by atoms with Gasteiger partial charge in [0.15, 0.2) is 6.61 Å². The lowest BCUT2D eigenvalue weighted by atomic mass is 10.0. The fourth-order valence-corrected chi connectivity index (χ4v) is 3.40. The molecule has 1 saturated heterocycles. The number of hydrazone groups is 1. The van der Waals surface area contributed by atoms with Crippen molar-refractivity contribution in [1.29, 1.82) is 0 Å². The van der Waals surface area contributed by atoms with E-state index in [1.807, 2.05) is 32.9 Å². The Morgan fingerprint density at radius 2 is 1.71 bits per heavy atom. The molecule has 2 aromatic carbocycles. The lowest BCUT2D eigenvalue weighted by molar-refractivity contribution is -0.137. The monoisotopic (exact) mass is 480 g/mol. The minimum Gasteiger partial charge on any atom is -0.484 e. The molecule has 0 spiro atoms. The van der Waals surface area contributed by atoms with Crippen LogP contribution in [0.1, 0.15) is 35.3 Å². The molecule has 1 fully saturated rings. The third-order valence-corrected chi connectivity index (χ3v) is 5.54. The van der Waals surface area contributed by atoms with Crippen molar-refractivity contribution < 1.29 is 23.9 Å². The van der Waals surface area contributed by atoms with Crippen molar-refractivity contribution in [2.75, 3.05) is 32.9 Å².